The highest BCUT2D eigenvalue weighted by Gasteiger charge is 2.23. The highest BCUT2D eigenvalue weighted by atomic mass is 16.5. The van der Waals surface area contributed by atoms with Gasteiger partial charge in [-0.15, -0.1) is 0 Å². The van der Waals surface area contributed by atoms with Crippen LogP contribution in [0.15, 0.2) is 24.3 Å². The van der Waals surface area contributed by atoms with Gasteiger partial charge in [0.05, 0.1) is 0 Å². The summed E-state index contributed by atoms with van der Waals surface area (Å²) in [6.07, 6.45) is 4.38. The van der Waals surface area contributed by atoms with Crippen molar-refractivity contribution in [2.24, 2.45) is 5.92 Å². The Bertz CT molecular complexity index is 612. The largest absolute Gasteiger partial charge is 0.454 e. The van der Waals surface area contributed by atoms with Crippen LogP contribution >= 0.6 is 0 Å². The Morgan fingerprint density at radius 1 is 1.12 bits per heavy atom. The average Bonchev–Trinajstić information content (AvgIpc) is 2.60. The minimum Gasteiger partial charge on any atom is -0.454 e. The van der Waals surface area contributed by atoms with Crippen LogP contribution in [0.25, 0.3) is 0 Å². The lowest BCUT2D eigenvalue weighted by atomic mass is 9.86. The van der Waals surface area contributed by atoms with E-state index in [0.29, 0.717) is 11.5 Å². The van der Waals surface area contributed by atoms with Gasteiger partial charge in [-0.25, -0.2) is 0 Å². The number of amides is 2. The molecule has 2 atom stereocenters. The topological polar surface area (TPSA) is 84.5 Å². The molecule has 0 radical (unpaired) electrons. The van der Waals surface area contributed by atoms with Gasteiger partial charge in [0.15, 0.2) is 6.61 Å². The van der Waals surface area contributed by atoms with E-state index >= 15 is 0 Å². The van der Waals surface area contributed by atoms with E-state index in [2.05, 4.69) is 17.6 Å². The van der Waals surface area contributed by atoms with Crippen molar-refractivity contribution in [1.82, 2.24) is 10.6 Å². The zero-order valence-electron chi connectivity index (χ0n) is 14.8. The van der Waals surface area contributed by atoms with Gasteiger partial charge in [-0.05, 0) is 37.8 Å². The fourth-order valence-electron chi connectivity index (χ4n) is 2.94. The highest BCUT2D eigenvalue weighted by molar-refractivity contribution is 5.96. The molecule has 1 aliphatic carbocycles. The minimum absolute atomic E-state index is 0.154. The van der Waals surface area contributed by atoms with Crippen LogP contribution in [0.3, 0.4) is 0 Å². The minimum atomic E-state index is -0.632. The molecule has 0 saturated heterocycles. The maximum absolute atomic E-state index is 11.9. The van der Waals surface area contributed by atoms with Gasteiger partial charge >= 0.3 is 5.97 Å². The van der Waals surface area contributed by atoms with Crippen LogP contribution in [0.5, 0.6) is 0 Å². The second-order valence-electron chi connectivity index (χ2n) is 6.65. The van der Waals surface area contributed by atoms with Crippen LogP contribution in [0.1, 0.15) is 48.5 Å². The smallest absolute Gasteiger partial charge is 0.325 e. The van der Waals surface area contributed by atoms with E-state index < -0.39 is 5.97 Å². The van der Waals surface area contributed by atoms with Crippen molar-refractivity contribution in [3.05, 3.63) is 35.4 Å². The molecule has 2 N–H and O–H groups in total. The molecule has 2 amide bonds. The van der Waals surface area contributed by atoms with Gasteiger partial charge < -0.3 is 15.4 Å². The Morgan fingerprint density at radius 3 is 2.48 bits per heavy atom. The standard InChI is InChI=1S/C19H26N2O4/c1-13-7-9-15(10-8-13)19(24)20-11-18(23)25-12-17(22)21-16-6-4-3-5-14(16)2/h7-10,14,16H,3-6,11-12H2,1-2H3,(H,20,24)(H,21,22). The molecule has 6 nitrogen and oxygen atoms in total. The first kappa shape index (κ1) is 19.0. The maximum Gasteiger partial charge on any atom is 0.325 e. The third-order valence-electron chi connectivity index (χ3n) is 4.53. The summed E-state index contributed by atoms with van der Waals surface area (Å²) in [5, 5.41) is 5.40. The van der Waals surface area contributed by atoms with Crippen LogP contribution in [0, 0.1) is 12.8 Å². The van der Waals surface area contributed by atoms with E-state index in [1.54, 1.807) is 12.1 Å². The molecule has 0 aromatic heterocycles. The van der Waals surface area contributed by atoms with Crippen molar-refractivity contribution in [1.29, 1.82) is 0 Å². The number of carbonyl (C=O) groups is 3. The fraction of sp³-hybridized carbons (Fsp3) is 0.526. The number of hydrogen-bond donors (Lipinski definition) is 2. The molecule has 2 unspecified atom stereocenters. The third-order valence-corrected chi connectivity index (χ3v) is 4.53. The fourth-order valence-corrected chi connectivity index (χ4v) is 2.94. The quantitative estimate of drug-likeness (QED) is 0.771. The summed E-state index contributed by atoms with van der Waals surface area (Å²) in [5.41, 5.74) is 1.52. The lowest BCUT2D eigenvalue weighted by molar-refractivity contribution is -0.147. The van der Waals surface area contributed by atoms with Crippen molar-refractivity contribution in [2.75, 3.05) is 13.2 Å². The van der Waals surface area contributed by atoms with E-state index in [-0.39, 0.29) is 31.0 Å². The normalized spacial score (nSPS) is 19.8. The molecular formula is C19H26N2O4. The predicted molar refractivity (Wildman–Crippen MR) is 94.0 cm³/mol. The number of aryl methyl sites for hydroxylation is 1. The molecule has 6 heteroatoms. The summed E-state index contributed by atoms with van der Waals surface area (Å²) in [7, 11) is 0. The van der Waals surface area contributed by atoms with E-state index in [4.69, 9.17) is 4.74 Å². The summed E-state index contributed by atoms with van der Waals surface area (Å²) in [5.74, 6) is -0.830. The molecule has 0 spiro atoms. The summed E-state index contributed by atoms with van der Waals surface area (Å²) in [6.45, 7) is 3.47. The first-order chi connectivity index (χ1) is 12.0. The van der Waals surface area contributed by atoms with Crippen LogP contribution < -0.4 is 10.6 Å². The third kappa shape index (κ3) is 6.21. The van der Waals surface area contributed by atoms with Crippen molar-refractivity contribution >= 4 is 17.8 Å². The SMILES string of the molecule is Cc1ccc(C(=O)NCC(=O)OCC(=O)NC2CCCCC2C)cc1. The van der Waals surface area contributed by atoms with E-state index in [9.17, 15) is 14.4 Å². The monoisotopic (exact) mass is 346 g/mol. The van der Waals surface area contributed by atoms with Crippen LogP contribution in [-0.4, -0.2) is 37.0 Å². The molecule has 0 heterocycles. The van der Waals surface area contributed by atoms with Gasteiger partial charge in [0.2, 0.25) is 0 Å². The Hall–Kier alpha value is -2.37. The summed E-state index contributed by atoms with van der Waals surface area (Å²) < 4.78 is 4.92. The second-order valence-corrected chi connectivity index (χ2v) is 6.65. The zero-order valence-corrected chi connectivity index (χ0v) is 14.8. The number of carbonyl (C=O) groups excluding carboxylic acids is 3. The van der Waals surface area contributed by atoms with Gasteiger partial charge in [0.1, 0.15) is 6.54 Å². The number of nitrogens with one attached hydrogen (secondary N) is 2. The molecule has 1 fully saturated rings. The highest BCUT2D eigenvalue weighted by Crippen LogP contribution is 2.23. The van der Waals surface area contributed by atoms with E-state index in [1.165, 1.54) is 6.42 Å². The lowest BCUT2D eigenvalue weighted by Crippen LogP contribution is -2.43. The van der Waals surface area contributed by atoms with E-state index in [0.717, 1.165) is 24.8 Å². The van der Waals surface area contributed by atoms with Gasteiger partial charge in [0.25, 0.3) is 11.8 Å². The molecule has 136 valence electrons. The summed E-state index contributed by atoms with van der Waals surface area (Å²) >= 11 is 0. The maximum atomic E-state index is 11.9. The van der Waals surface area contributed by atoms with E-state index in [1.807, 2.05) is 19.1 Å². The zero-order chi connectivity index (χ0) is 18.2. The molecule has 2 rings (SSSR count). The van der Waals surface area contributed by atoms with Crippen molar-refractivity contribution in [3.63, 3.8) is 0 Å². The van der Waals surface area contributed by atoms with Crippen LogP contribution in [0.4, 0.5) is 0 Å². The molecule has 1 aliphatic rings. The molecule has 0 bridgehead atoms. The average molecular weight is 346 g/mol. The number of esters is 1. The summed E-state index contributed by atoms with van der Waals surface area (Å²) in [6, 6.07) is 7.18. The van der Waals surface area contributed by atoms with Gasteiger partial charge in [-0.2, -0.15) is 0 Å². The van der Waals surface area contributed by atoms with Crippen molar-refractivity contribution in [2.45, 2.75) is 45.6 Å². The number of hydrogen-bond acceptors (Lipinski definition) is 4. The number of benzene rings is 1. The Labute approximate surface area is 148 Å². The van der Waals surface area contributed by atoms with Gasteiger partial charge in [-0.3, -0.25) is 14.4 Å². The van der Waals surface area contributed by atoms with Gasteiger partial charge in [0, 0.05) is 11.6 Å². The molecule has 1 aromatic rings. The Kier molecular flexibility index (Phi) is 6.98. The lowest BCUT2D eigenvalue weighted by Gasteiger charge is -2.29. The molecule has 0 aliphatic heterocycles. The number of rotatable bonds is 6. The molecule has 1 aromatic carbocycles. The first-order valence-corrected chi connectivity index (χ1v) is 8.75. The molecule has 25 heavy (non-hydrogen) atoms. The second kappa shape index (κ2) is 9.20. The van der Waals surface area contributed by atoms with Crippen molar-refractivity contribution < 1.29 is 19.1 Å². The Balaban J connectivity index is 1.67. The summed E-state index contributed by atoms with van der Waals surface area (Å²) in [4.78, 5) is 35.5. The molecule has 1 saturated carbocycles. The number of ether oxygens (including phenoxy) is 1. The first-order valence-electron chi connectivity index (χ1n) is 8.75. The predicted octanol–water partition coefficient (Wildman–Crippen LogP) is 1.96. The van der Waals surface area contributed by atoms with Crippen molar-refractivity contribution in [3.8, 4) is 0 Å². The Morgan fingerprint density at radius 2 is 1.80 bits per heavy atom. The molecular weight excluding hydrogens is 320 g/mol. The van der Waals surface area contributed by atoms with Gasteiger partial charge in [-0.1, -0.05) is 37.5 Å². The van der Waals surface area contributed by atoms with Crippen LogP contribution in [-0.2, 0) is 14.3 Å². The van der Waals surface area contributed by atoms with Crippen LogP contribution in [0.2, 0.25) is 0 Å².